The van der Waals surface area contributed by atoms with Gasteiger partial charge in [0.25, 0.3) is 5.91 Å². The predicted octanol–water partition coefficient (Wildman–Crippen LogP) is 3.89. The van der Waals surface area contributed by atoms with Crippen LogP contribution in [0.4, 0.5) is 0 Å². The lowest BCUT2D eigenvalue weighted by molar-refractivity contribution is 0.0962. The van der Waals surface area contributed by atoms with Crippen LogP contribution in [0.3, 0.4) is 0 Å². The molecule has 3 aliphatic rings. The number of ether oxygens (including phenoxy) is 1. The molecule has 1 spiro atoms. The maximum atomic E-state index is 12.1. The van der Waals surface area contributed by atoms with E-state index in [1.54, 1.807) is 31.1 Å². The van der Waals surface area contributed by atoms with Crippen LogP contribution in [0.15, 0.2) is 42.6 Å². The van der Waals surface area contributed by atoms with E-state index in [4.69, 9.17) is 21.3 Å². The smallest absolute Gasteiger partial charge is 0.252 e. The van der Waals surface area contributed by atoms with Gasteiger partial charge in [-0.1, -0.05) is 35.9 Å². The highest BCUT2D eigenvalue weighted by molar-refractivity contribution is 8.09. The third kappa shape index (κ3) is 2.68. The fourth-order valence-corrected chi connectivity index (χ4v) is 6.79. The van der Waals surface area contributed by atoms with E-state index in [1.807, 2.05) is 24.3 Å². The van der Waals surface area contributed by atoms with E-state index >= 15 is 0 Å². The molecule has 2 aromatic heterocycles. The molecule has 156 valence electrons. The Morgan fingerprint density at radius 3 is 3.00 bits per heavy atom. The molecule has 4 heterocycles. The highest BCUT2D eigenvalue weighted by Gasteiger charge is 2.70. The van der Waals surface area contributed by atoms with Crippen molar-refractivity contribution in [3.05, 3.63) is 64.6 Å². The molecule has 3 unspecified atom stereocenters. The summed E-state index contributed by atoms with van der Waals surface area (Å²) in [5.41, 5.74) is 3.80. The quantitative estimate of drug-likeness (QED) is 0.627. The topological polar surface area (TPSA) is 92.8 Å². The van der Waals surface area contributed by atoms with Gasteiger partial charge in [0.1, 0.15) is 17.1 Å². The van der Waals surface area contributed by atoms with Gasteiger partial charge in [-0.2, -0.15) is 15.4 Å². The SMILES string of the molecule is CNC(=O)c1cnc2c(c1)OCCC1C3C=C(c4n[nH]nc4-c4ccccc4Cl)SC231. The van der Waals surface area contributed by atoms with Crippen molar-refractivity contribution in [3.63, 3.8) is 0 Å². The number of carbonyl (C=O) groups excluding carboxylic acids is 1. The molecule has 3 atom stereocenters. The van der Waals surface area contributed by atoms with E-state index in [1.165, 1.54) is 0 Å². The van der Waals surface area contributed by atoms with Gasteiger partial charge in [0.15, 0.2) is 0 Å². The summed E-state index contributed by atoms with van der Waals surface area (Å²) < 4.78 is 5.81. The first-order chi connectivity index (χ1) is 15.1. The van der Waals surface area contributed by atoms with E-state index < -0.39 is 0 Å². The normalized spacial score (nSPS) is 25.4. The molecule has 6 rings (SSSR count). The number of nitrogens with zero attached hydrogens (tertiary/aromatic N) is 3. The highest BCUT2D eigenvalue weighted by atomic mass is 35.5. The molecule has 1 fully saturated rings. The Bertz CT molecular complexity index is 1260. The first kappa shape index (κ1) is 18.9. The van der Waals surface area contributed by atoms with Crippen molar-refractivity contribution in [1.29, 1.82) is 0 Å². The second-order valence-corrected chi connectivity index (χ2v) is 9.57. The van der Waals surface area contributed by atoms with E-state index in [9.17, 15) is 4.79 Å². The molecular weight excluding hydrogens is 434 g/mol. The van der Waals surface area contributed by atoms with E-state index in [0.29, 0.717) is 34.8 Å². The Labute approximate surface area is 187 Å². The third-order valence-electron chi connectivity index (χ3n) is 6.29. The molecule has 0 saturated heterocycles. The number of pyridine rings is 1. The first-order valence-corrected chi connectivity index (χ1v) is 11.2. The number of aromatic nitrogens is 4. The number of aromatic amines is 1. The Kier molecular flexibility index (Phi) is 4.16. The number of nitrogens with one attached hydrogen (secondary N) is 2. The number of amides is 1. The lowest BCUT2D eigenvalue weighted by atomic mass is 10.1. The number of halogens is 1. The van der Waals surface area contributed by atoms with Crippen LogP contribution in [0.25, 0.3) is 16.2 Å². The summed E-state index contributed by atoms with van der Waals surface area (Å²) in [4.78, 5) is 17.8. The van der Waals surface area contributed by atoms with Gasteiger partial charge in [-0.05, 0) is 24.5 Å². The maximum absolute atomic E-state index is 12.1. The molecule has 1 aromatic carbocycles. The van der Waals surface area contributed by atoms with Crippen LogP contribution in [-0.4, -0.2) is 40.0 Å². The summed E-state index contributed by atoms with van der Waals surface area (Å²) in [6.07, 6.45) is 4.87. The molecule has 31 heavy (non-hydrogen) atoms. The Morgan fingerprint density at radius 1 is 1.32 bits per heavy atom. The highest BCUT2D eigenvalue weighted by Crippen LogP contribution is 2.77. The summed E-state index contributed by atoms with van der Waals surface area (Å²) in [7, 11) is 1.61. The van der Waals surface area contributed by atoms with Crippen molar-refractivity contribution >= 4 is 34.2 Å². The fraction of sp³-hybridized carbons (Fsp3) is 0.273. The number of carbonyl (C=O) groups is 1. The van der Waals surface area contributed by atoms with Gasteiger partial charge in [0, 0.05) is 29.6 Å². The lowest BCUT2D eigenvalue weighted by Gasteiger charge is -2.17. The molecule has 2 N–H and O–H groups in total. The fourth-order valence-electron chi connectivity index (χ4n) is 4.78. The summed E-state index contributed by atoms with van der Waals surface area (Å²) in [6.45, 7) is 0.618. The Balaban J connectivity index is 1.39. The second kappa shape index (κ2) is 6.83. The zero-order valence-electron chi connectivity index (χ0n) is 16.6. The van der Waals surface area contributed by atoms with Crippen LogP contribution >= 0.6 is 23.4 Å². The lowest BCUT2D eigenvalue weighted by Crippen LogP contribution is -2.19. The van der Waals surface area contributed by atoms with Crippen molar-refractivity contribution in [2.45, 2.75) is 11.2 Å². The minimum absolute atomic E-state index is 0.172. The van der Waals surface area contributed by atoms with Gasteiger partial charge in [0.05, 0.1) is 27.6 Å². The average Bonchev–Trinajstić information content (AvgIpc) is 3.10. The Hall–Kier alpha value is -2.84. The molecule has 1 aliphatic carbocycles. The van der Waals surface area contributed by atoms with Gasteiger partial charge >= 0.3 is 0 Å². The third-order valence-corrected chi connectivity index (χ3v) is 8.27. The van der Waals surface area contributed by atoms with Gasteiger partial charge in [0.2, 0.25) is 0 Å². The van der Waals surface area contributed by atoms with Crippen LogP contribution in [0.2, 0.25) is 5.02 Å². The summed E-state index contributed by atoms with van der Waals surface area (Å²) in [6, 6.07) is 9.44. The van der Waals surface area contributed by atoms with E-state index in [2.05, 4.69) is 26.8 Å². The largest absolute Gasteiger partial charge is 0.492 e. The number of allylic oxidation sites excluding steroid dienone is 1. The van der Waals surface area contributed by atoms with Crippen molar-refractivity contribution in [2.24, 2.45) is 11.8 Å². The van der Waals surface area contributed by atoms with Crippen molar-refractivity contribution < 1.29 is 9.53 Å². The number of thioether (sulfide) groups is 1. The second-order valence-electron chi connectivity index (χ2n) is 7.85. The number of fused-ring (bicyclic) bond motifs is 2. The first-order valence-electron chi connectivity index (χ1n) is 10.1. The molecule has 0 radical (unpaired) electrons. The van der Waals surface area contributed by atoms with Gasteiger partial charge in [-0.25, -0.2) is 0 Å². The predicted molar refractivity (Wildman–Crippen MR) is 119 cm³/mol. The minimum atomic E-state index is -0.181. The van der Waals surface area contributed by atoms with Gasteiger partial charge < -0.3 is 10.1 Å². The van der Waals surface area contributed by atoms with Crippen LogP contribution in [0.1, 0.15) is 28.2 Å². The number of hydrogen-bond donors (Lipinski definition) is 2. The van der Waals surface area contributed by atoms with Crippen molar-refractivity contribution in [1.82, 2.24) is 25.7 Å². The summed E-state index contributed by atoms with van der Waals surface area (Å²) >= 11 is 8.19. The van der Waals surface area contributed by atoms with Crippen LogP contribution in [0, 0.1) is 11.8 Å². The minimum Gasteiger partial charge on any atom is -0.492 e. The van der Waals surface area contributed by atoms with Gasteiger partial charge in [-0.3, -0.25) is 9.78 Å². The van der Waals surface area contributed by atoms with E-state index in [0.717, 1.165) is 34.0 Å². The zero-order valence-corrected chi connectivity index (χ0v) is 18.1. The maximum Gasteiger partial charge on any atom is 0.252 e. The molecule has 2 aliphatic heterocycles. The van der Waals surface area contributed by atoms with Crippen molar-refractivity contribution in [3.8, 4) is 17.0 Å². The molecule has 1 saturated carbocycles. The molecule has 0 bridgehead atoms. The Morgan fingerprint density at radius 2 is 2.16 bits per heavy atom. The summed E-state index contributed by atoms with van der Waals surface area (Å²) in [5, 5.41) is 14.9. The molecule has 1 amide bonds. The van der Waals surface area contributed by atoms with Crippen LogP contribution < -0.4 is 10.1 Å². The number of hydrogen-bond acceptors (Lipinski definition) is 6. The number of H-pyrrole nitrogens is 1. The monoisotopic (exact) mass is 451 g/mol. The molecule has 3 aromatic rings. The van der Waals surface area contributed by atoms with Crippen LogP contribution in [0.5, 0.6) is 5.75 Å². The molecule has 9 heteroatoms. The van der Waals surface area contributed by atoms with Gasteiger partial charge in [-0.15, -0.1) is 11.8 Å². The van der Waals surface area contributed by atoms with E-state index in [-0.39, 0.29) is 10.7 Å². The zero-order chi connectivity index (χ0) is 21.2. The average molecular weight is 452 g/mol. The van der Waals surface area contributed by atoms with Crippen LogP contribution in [-0.2, 0) is 4.75 Å². The number of benzene rings is 1. The number of rotatable bonds is 3. The molecular formula is C22H18ClN5O2S. The van der Waals surface area contributed by atoms with Crippen molar-refractivity contribution in [2.75, 3.05) is 13.7 Å². The molecule has 7 nitrogen and oxygen atoms in total. The summed E-state index contributed by atoms with van der Waals surface area (Å²) in [5.74, 6) is 1.33. The standard InChI is InChI=1S/C22H18ClN5O2S/c1-24-21(29)11-8-16-20(25-10-11)22-13(6-7-30-16)14(22)9-17(31-22)19-18(26-28-27-19)12-4-2-3-5-15(12)23/h2-5,8-10,13-14H,6-7H2,1H3,(H,24,29)(H,26,27,28).